The number of aryl methyl sites for hydroxylation is 1. The Morgan fingerprint density at radius 3 is 2.61 bits per heavy atom. The summed E-state index contributed by atoms with van der Waals surface area (Å²) in [5, 5.41) is 14.2. The van der Waals surface area contributed by atoms with Crippen molar-refractivity contribution in [3.8, 4) is 11.3 Å². The molecule has 0 N–H and O–H groups in total. The molecule has 0 aliphatic heterocycles. The van der Waals surface area contributed by atoms with E-state index in [0.717, 1.165) is 27.3 Å². The second-order valence-corrected chi connectivity index (χ2v) is 8.35. The number of aromatic nitrogens is 2. The van der Waals surface area contributed by atoms with Crippen molar-refractivity contribution >= 4 is 45.9 Å². The number of non-ortho nitro benzene ring substituents is 1. The molecule has 0 aliphatic rings. The predicted molar refractivity (Wildman–Crippen MR) is 124 cm³/mol. The molecule has 2 aromatic heterocycles. The Hall–Kier alpha value is -3.00. The Balaban J connectivity index is 1.74. The zero-order valence-electron chi connectivity index (χ0n) is 16.1. The Morgan fingerprint density at radius 2 is 1.94 bits per heavy atom. The third-order valence-corrected chi connectivity index (χ3v) is 6.11. The lowest BCUT2D eigenvalue weighted by Crippen LogP contribution is -2.17. The Kier molecular flexibility index (Phi) is 6.46. The second kappa shape index (κ2) is 9.43. The number of nitrogens with zero attached hydrogens (tertiary/aromatic N) is 4. The molecule has 0 atom stereocenters. The van der Waals surface area contributed by atoms with Crippen molar-refractivity contribution in [2.75, 3.05) is 0 Å². The van der Waals surface area contributed by atoms with Crippen molar-refractivity contribution in [3.63, 3.8) is 0 Å². The van der Waals surface area contributed by atoms with Crippen LogP contribution in [0.4, 0.5) is 11.4 Å². The summed E-state index contributed by atoms with van der Waals surface area (Å²) in [5.74, 6) is 0. The van der Waals surface area contributed by atoms with Crippen LogP contribution in [0, 0.1) is 10.1 Å². The third kappa shape index (κ3) is 5.02. The highest BCUT2D eigenvalue weighted by molar-refractivity contribution is 7.07. The van der Waals surface area contributed by atoms with Gasteiger partial charge in [0.2, 0.25) is 0 Å². The van der Waals surface area contributed by atoms with Crippen LogP contribution in [0.3, 0.4) is 0 Å². The van der Waals surface area contributed by atoms with Gasteiger partial charge in [-0.05, 0) is 53.9 Å². The van der Waals surface area contributed by atoms with Gasteiger partial charge in [0.25, 0.3) is 5.69 Å². The van der Waals surface area contributed by atoms with Crippen molar-refractivity contribution in [3.05, 3.63) is 103 Å². The molecule has 2 heterocycles. The molecular weight excluding hydrogens is 455 g/mol. The highest BCUT2D eigenvalue weighted by Crippen LogP contribution is 2.25. The van der Waals surface area contributed by atoms with Gasteiger partial charge in [0.1, 0.15) is 0 Å². The van der Waals surface area contributed by atoms with E-state index in [0.29, 0.717) is 23.0 Å². The normalized spacial score (nSPS) is 11.6. The molecule has 0 aliphatic carbocycles. The average molecular weight is 471 g/mol. The van der Waals surface area contributed by atoms with Crippen molar-refractivity contribution in [1.82, 2.24) is 9.55 Å². The number of thiazole rings is 1. The fourth-order valence-electron chi connectivity index (χ4n) is 3.11. The number of halogens is 2. The number of hydrogen-bond acceptors (Lipinski definition) is 5. The molecule has 0 saturated heterocycles. The minimum Gasteiger partial charge on any atom is -0.316 e. The van der Waals surface area contributed by atoms with Gasteiger partial charge in [-0.1, -0.05) is 29.3 Å². The van der Waals surface area contributed by atoms with E-state index in [9.17, 15) is 10.1 Å². The fraction of sp³-hybridized carbons (Fsp3) is 0.0909. The predicted octanol–water partition coefficient (Wildman–Crippen LogP) is 6.30. The fourth-order valence-corrected chi connectivity index (χ4v) is 4.56. The molecule has 0 fully saturated rings. The number of pyridine rings is 1. The van der Waals surface area contributed by atoms with Crippen LogP contribution in [0.15, 0.2) is 77.4 Å². The largest absolute Gasteiger partial charge is 0.316 e. The summed E-state index contributed by atoms with van der Waals surface area (Å²) in [4.78, 5) is 20.3. The van der Waals surface area contributed by atoms with Crippen molar-refractivity contribution in [2.24, 2.45) is 4.99 Å². The van der Waals surface area contributed by atoms with E-state index >= 15 is 0 Å². The van der Waals surface area contributed by atoms with Crippen molar-refractivity contribution in [2.45, 2.75) is 13.0 Å². The molecule has 31 heavy (non-hydrogen) atoms. The molecule has 0 bridgehead atoms. The summed E-state index contributed by atoms with van der Waals surface area (Å²) < 4.78 is 2.09. The lowest BCUT2D eigenvalue weighted by molar-refractivity contribution is -0.384. The number of nitro benzene ring substituents is 1. The molecule has 0 radical (unpaired) electrons. The average Bonchev–Trinajstić information content (AvgIpc) is 3.16. The van der Waals surface area contributed by atoms with Gasteiger partial charge in [-0.2, -0.15) is 0 Å². The molecule has 0 saturated carbocycles. The van der Waals surface area contributed by atoms with Crippen LogP contribution in [-0.2, 0) is 13.0 Å². The summed E-state index contributed by atoms with van der Waals surface area (Å²) >= 11 is 13.9. The molecule has 4 aromatic rings. The van der Waals surface area contributed by atoms with Crippen LogP contribution >= 0.6 is 34.5 Å². The number of benzene rings is 2. The van der Waals surface area contributed by atoms with Gasteiger partial charge < -0.3 is 4.57 Å². The third-order valence-electron chi connectivity index (χ3n) is 4.66. The molecule has 0 amide bonds. The SMILES string of the molecule is O=[N+]([O-])c1ccc(-c2csc(=Nc3cccnc3)n2CCc2ccc(Cl)cc2Cl)cc1. The maximum Gasteiger partial charge on any atom is 0.269 e. The smallest absolute Gasteiger partial charge is 0.269 e. The first kappa shape index (κ1) is 21.2. The quantitative estimate of drug-likeness (QED) is 0.245. The van der Waals surface area contributed by atoms with Crippen LogP contribution in [0.5, 0.6) is 0 Å². The van der Waals surface area contributed by atoms with E-state index in [-0.39, 0.29) is 5.69 Å². The minimum atomic E-state index is -0.406. The highest BCUT2D eigenvalue weighted by Gasteiger charge is 2.12. The van der Waals surface area contributed by atoms with Crippen LogP contribution in [0.1, 0.15) is 5.56 Å². The van der Waals surface area contributed by atoms with Gasteiger partial charge in [-0.15, -0.1) is 11.3 Å². The van der Waals surface area contributed by atoms with Crippen LogP contribution in [0.2, 0.25) is 10.0 Å². The summed E-state index contributed by atoms with van der Waals surface area (Å²) in [5.41, 5.74) is 3.58. The highest BCUT2D eigenvalue weighted by atomic mass is 35.5. The Labute approximate surface area is 192 Å². The van der Waals surface area contributed by atoms with Crippen LogP contribution < -0.4 is 4.80 Å². The number of rotatable bonds is 6. The molecule has 156 valence electrons. The lowest BCUT2D eigenvalue weighted by atomic mass is 10.1. The van der Waals surface area contributed by atoms with Gasteiger partial charge in [0.05, 0.1) is 22.5 Å². The zero-order chi connectivity index (χ0) is 21.8. The molecule has 9 heteroatoms. The van der Waals surface area contributed by atoms with Gasteiger partial charge in [0, 0.05) is 40.3 Å². The molecular formula is C22H16Cl2N4O2S. The molecule has 6 nitrogen and oxygen atoms in total. The monoisotopic (exact) mass is 470 g/mol. The number of nitro groups is 1. The van der Waals surface area contributed by atoms with Gasteiger partial charge in [-0.3, -0.25) is 15.1 Å². The standard InChI is InChI=1S/C22H16Cl2N4O2S/c23-17-6-3-15(20(24)12-17)9-11-27-21(16-4-7-19(8-5-16)28(29)30)14-31-22(27)26-18-2-1-10-25-13-18/h1-8,10,12-14H,9,11H2. The first-order valence-corrected chi connectivity index (χ1v) is 11.0. The van der Waals surface area contributed by atoms with E-state index in [1.165, 1.54) is 23.5 Å². The minimum absolute atomic E-state index is 0.0544. The second-order valence-electron chi connectivity index (χ2n) is 6.67. The van der Waals surface area contributed by atoms with Gasteiger partial charge >= 0.3 is 0 Å². The summed E-state index contributed by atoms with van der Waals surface area (Å²) in [6, 6.07) is 15.7. The zero-order valence-corrected chi connectivity index (χ0v) is 18.4. The molecule has 4 rings (SSSR count). The van der Waals surface area contributed by atoms with E-state index in [1.807, 2.05) is 29.6 Å². The lowest BCUT2D eigenvalue weighted by Gasteiger charge is -2.11. The van der Waals surface area contributed by atoms with Crippen LogP contribution in [-0.4, -0.2) is 14.5 Å². The van der Waals surface area contributed by atoms with Crippen LogP contribution in [0.25, 0.3) is 11.3 Å². The van der Waals surface area contributed by atoms with Gasteiger partial charge in [-0.25, -0.2) is 4.99 Å². The summed E-state index contributed by atoms with van der Waals surface area (Å²) in [6.07, 6.45) is 4.07. The first-order chi connectivity index (χ1) is 15.0. The molecule has 0 spiro atoms. The first-order valence-electron chi connectivity index (χ1n) is 9.33. The number of hydrogen-bond donors (Lipinski definition) is 0. The topological polar surface area (TPSA) is 73.3 Å². The molecule has 2 aromatic carbocycles. The Bertz CT molecular complexity index is 1290. The van der Waals surface area contributed by atoms with E-state index in [1.54, 1.807) is 30.6 Å². The molecule has 0 unspecified atom stereocenters. The summed E-state index contributed by atoms with van der Waals surface area (Å²) in [7, 11) is 0. The maximum atomic E-state index is 11.0. The van der Waals surface area contributed by atoms with Gasteiger partial charge in [0.15, 0.2) is 4.80 Å². The van der Waals surface area contributed by atoms with Crippen molar-refractivity contribution in [1.29, 1.82) is 0 Å². The van der Waals surface area contributed by atoms with E-state index in [4.69, 9.17) is 28.2 Å². The Morgan fingerprint density at radius 1 is 1.13 bits per heavy atom. The van der Waals surface area contributed by atoms with Crippen molar-refractivity contribution < 1.29 is 4.92 Å². The van der Waals surface area contributed by atoms with E-state index < -0.39 is 4.92 Å². The maximum absolute atomic E-state index is 11.0. The summed E-state index contributed by atoms with van der Waals surface area (Å²) in [6.45, 7) is 0.621. The van der Waals surface area contributed by atoms with E-state index in [2.05, 4.69) is 9.55 Å².